The molecule has 1 heterocycles. The Labute approximate surface area is 212 Å². The summed E-state index contributed by atoms with van der Waals surface area (Å²) in [6.07, 6.45) is 10.6. The van der Waals surface area contributed by atoms with Gasteiger partial charge in [0.25, 0.3) is 0 Å². The van der Waals surface area contributed by atoms with Crippen LogP contribution in [0.25, 0.3) is 10.9 Å². The number of hydrogen-bond donors (Lipinski definition) is 4. The lowest BCUT2D eigenvalue weighted by atomic mass is 9.93. The number of hydrogen-bond acceptors (Lipinski definition) is 5. The first-order valence-corrected chi connectivity index (χ1v) is 11.9. The molecule has 2 aromatic rings. The molecular formula is C27H36N4O5. The van der Waals surface area contributed by atoms with E-state index in [4.69, 9.17) is 9.47 Å². The summed E-state index contributed by atoms with van der Waals surface area (Å²) in [7, 11) is 1.61. The largest absolute Gasteiger partial charge is 0.497 e. The molecular weight excluding hydrogens is 460 g/mol. The highest BCUT2D eigenvalue weighted by Crippen LogP contribution is 2.24. The van der Waals surface area contributed by atoms with Gasteiger partial charge in [-0.3, -0.25) is 10.2 Å². The van der Waals surface area contributed by atoms with Gasteiger partial charge in [-0.2, -0.15) is 0 Å². The van der Waals surface area contributed by atoms with Crippen molar-refractivity contribution in [3.05, 3.63) is 66.4 Å². The second kappa shape index (κ2) is 13.8. The number of aryl methyl sites for hydroxylation is 1. The van der Waals surface area contributed by atoms with Gasteiger partial charge >= 0.3 is 12.0 Å². The standard InChI is InChI=1S/C27H36N4O5/c1-6-9-10-19(7-2)15-16-27(4,25(33)36-8-3)29-26(34)31-30-24(32)14-11-20-18-28-23-17-21(35-5)12-13-22(20)23/h6-7,9-10,12-13,17-18,28H,2,8,11,14-16H2,1,3-5H3,(H,30,32)(H2,29,31,34)/b9-6-,19-10+. The second-order valence-corrected chi connectivity index (χ2v) is 8.38. The van der Waals surface area contributed by atoms with Crippen LogP contribution in [0.4, 0.5) is 4.79 Å². The molecule has 1 aromatic heterocycles. The summed E-state index contributed by atoms with van der Waals surface area (Å²) in [6.45, 7) is 9.16. The summed E-state index contributed by atoms with van der Waals surface area (Å²) in [5, 5.41) is 3.64. The smallest absolute Gasteiger partial charge is 0.334 e. The van der Waals surface area contributed by atoms with Gasteiger partial charge in [-0.15, -0.1) is 0 Å². The van der Waals surface area contributed by atoms with Crippen molar-refractivity contribution in [2.45, 2.75) is 52.0 Å². The predicted octanol–water partition coefficient (Wildman–Crippen LogP) is 4.23. The van der Waals surface area contributed by atoms with Gasteiger partial charge in [0.2, 0.25) is 5.91 Å². The van der Waals surface area contributed by atoms with E-state index in [-0.39, 0.29) is 25.4 Å². The molecule has 1 atom stereocenters. The minimum Gasteiger partial charge on any atom is -0.497 e. The van der Waals surface area contributed by atoms with Crippen molar-refractivity contribution in [1.82, 2.24) is 21.2 Å². The molecule has 0 aliphatic rings. The van der Waals surface area contributed by atoms with E-state index in [0.717, 1.165) is 27.8 Å². The van der Waals surface area contributed by atoms with E-state index in [2.05, 4.69) is 27.7 Å². The van der Waals surface area contributed by atoms with Gasteiger partial charge < -0.3 is 19.8 Å². The van der Waals surface area contributed by atoms with Crippen LogP contribution in [0.2, 0.25) is 0 Å². The van der Waals surface area contributed by atoms with Crippen molar-refractivity contribution >= 4 is 28.8 Å². The molecule has 3 amide bonds. The molecule has 9 heteroatoms. The summed E-state index contributed by atoms with van der Waals surface area (Å²) in [5.41, 5.74) is 6.22. The summed E-state index contributed by atoms with van der Waals surface area (Å²) >= 11 is 0. The van der Waals surface area contributed by atoms with E-state index in [1.54, 1.807) is 27.0 Å². The maximum atomic E-state index is 12.6. The van der Waals surface area contributed by atoms with Gasteiger partial charge in [0.05, 0.1) is 13.7 Å². The fourth-order valence-corrected chi connectivity index (χ4v) is 3.59. The second-order valence-electron chi connectivity index (χ2n) is 8.38. The number of urea groups is 1. The first kappa shape index (κ1) is 28.2. The summed E-state index contributed by atoms with van der Waals surface area (Å²) in [4.78, 5) is 40.6. The number of methoxy groups -OCH3 is 1. The van der Waals surface area contributed by atoms with E-state index in [1.807, 2.05) is 49.5 Å². The van der Waals surface area contributed by atoms with Gasteiger partial charge in [0.1, 0.15) is 11.3 Å². The van der Waals surface area contributed by atoms with Crippen LogP contribution in [0, 0.1) is 0 Å². The Morgan fingerprint density at radius 3 is 2.64 bits per heavy atom. The average Bonchev–Trinajstić information content (AvgIpc) is 3.28. The Morgan fingerprint density at radius 1 is 1.19 bits per heavy atom. The van der Waals surface area contributed by atoms with E-state index in [9.17, 15) is 14.4 Å². The minimum absolute atomic E-state index is 0.160. The number of esters is 1. The number of carbonyl (C=O) groups is 3. The minimum atomic E-state index is -1.30. The molecule has 0 saturated carbocycles. The van der Waals surface area contributed by atoms with Gasteiger partial charge in [-0.05, 0) is 63.3 Å². The molecule has 36 heavy (non-hydrogen) atoms. The number of fused-ring (bicyclic) bond motifs is 1. The van der Waals surface area contributed by atoms with Crippen molar-refractivity contribution in [2.75, 3.05) is 13.7 Å². The molecule has 0 fully saturated rings. The quantitative estimate of drug-likeness (QED) is 0.199. The number of aromatic nitrogens is 1. The first-order valence-electron chi connectivity index (χ1n) is 11.9. The Morgan fingerprint density at radius 2 is 1.97 bits per heavy atom. The lowest BCUT2D eigenvalue weighted by molar-refractivity contribution is -0.150. The number of nitrogens with one attached hydrogen (secondary N) is 4. The fraction of sp³-hybridized carbons (Fsp3) is 0.370. The summed E-state index contributed by atoms with van der Waals surface area (Å²) in [6, 6.07) is 4.97. The molecule has 194 valence electrons. The van der Waals surface area contributed by atoms with Gasteiger partial charge in [-0.1, -0.05) is 30.9 Å². The SMILES string of the molecule is C=C/C(=C\C=C/C)CCC(C)(NC(=O)NNC(=O)CCc1c[nH]c2cc(OC)ccc12)C(=O)OCC. The van der Waals surface area contributed by atoms with Crippen LogP contribution < -0.4 is 20.9 Å². The third-order valence-corrected chi connectivity index (χ3v) is 5.71. The molecule has 2 rings (SSSR count). The van der Waals surface area contributed by atoms with Crippen LogP contribution in [-0.4, -0.2) is 42.1 Å². The van der Waals surface area contributed by atoms with Gasteiger partial charge in [-0.25, -0.2) is 15.0 Å². The number of ether oxygens (including phenoxy) is 2. The Bertz CT molecular complexity index is 1130. The zero-order valence-electron chi connectivity index (χ0n) is 21.4. The van der Waals surface area contributed by atoms with Crippen molar-refractivity contribution in [3.63, 3.8) is 0 Å². The fourth-order valence-electron chi connectivity index (χ4n) is 3.59. The van der Waals surface area contributed by atoms with Crippen LogP contribution in [0.3, 0.4) is 0 Å². The molecule has 0 radical (unpaired) electrons. The normalized spacial score (nSPS) is 13.2. The third kappa shape index (κ3) is 8.04. The Hall–Kier alpha value is -4.01. The predicted molar refractivity (Wildman–Crippen MR) is 140 cm³/mol. The average molecular weight is 497 g/mol. The molecule has 0 spiro atoms. The Kier molecular flexibility index (Phi) is 10.8. The number of amides is 3. The zero-order chi connectivity index (χ0) is 26.6. The molecule has 9 nitrogen and oxygen atoms in total. The number of aromatic amines is 1. The molecule has 0 aliphatic carbocycles. The van der Waals surface area contributed by atoms with Crippen molar-refractivity contribution in [2.24, 2.45) is 0 Å². The zero-order valence-corrected chi connectivity index (χ0v) is 21.4. The number of H-pyrrole nitrogens is 1. The molecule has 0 aliphatic heterocycles. The molecule has 0 saturated heterocycles. The van der Waals surface area contributed by atoms with E-state index < -0.39 is 17.5 Å². The summed E-state index contributed by atoms with van der Waals surface area (Å²) in [5.74, 6) is -0.181. The number of benzene rings is 1. The number of allylic oxidation sites excluding steroid dienone is 5. The number of carbonyl (C=O) groups excluding carboxylic acids is 3. The lowest BCUT2D eigenvalue weighted by Gasteiger charge is -2.28. The van der Waals surface area contributed by atoms with Gasteiger partial charge in [0, 0.05) is 29.6 Å². The molecule has 4 N–H and O–H groups in total. The molecule has 0 bridgehead atoms. The van der Waals surface area contributed by atoms with Crippen LogP contribution in [0.5, 0.6) is 5.75 Å². The van der Waals surface area contributed by atoms with Crippen molar-refractivity contribution in [1.29, 1.82) is 0 Å². The Balaban J connectivity index is 1.92. The van der Waals surface area contributed by atoms with Crippen LogP contribution >= 0.6 is 0 Å². The van der Waals surface area contributed by atoms with Crippen molar-refractivity contribution < 1.29 is 23.9 Å². The maximum Gasteiger partial charge on any atom is 0.334 e. The van der Waals surface area contributed by atoms with Crippen LogP contribution in [0.15, 0.2) is 60.9 Å². The van der Waals surface area contributed by atoms with E-state index >= 15 is 0 Å². The topological polar surface area (TPSA) is 122 Å². The third-order valence-electron chi connectivity index (χ3n) is 5.71. The maximum absolute atomic E-state index is 12.6. The molecule has 1 aromatic carbocycles. The highest BCUT2D eigenvalue weighted by Gasteiger charge is 2.36. The number of hydrazine groups is 1. The van der Waals surface area contributed by atoms with Crippen LogP contribution in [0.1, 0.15) is 45.6 Å². The monoisotopic (exact) mass is 496 g/mol. The van der Waals surface area contributed by atoms with Crippen molar-refractivity contribution in [3.8, 4) is 5.75 Å². The highest BCUT2D eigenvalue weighted by atomic mass is 16.5. The van der Waals surface area contributed by atoms with Gasteiger partial charge in [0.15, 0.2) is 0 Å². The first-order chi connectivity index (χ1) is 17.3. The highest BCUT2D eigenvalue weighted by molar-refractivity contribution is 5.88. The number of rotatable bonds is 12. The lowest BCUT2D eigenvalue weighted by Crippen LogP contribution is -2.58. The molecule has 1 unspecified atom stereocenters. The summed E-state index contributed by atoms with van der Waals surface area (Å²) < 4.78 is 10.4. The van der Waals surface area contributed by atoms with E-state index in [1.165, 1.54) is 0 Å². The van der Waals surface area contributed by atoms with E-state index in [0.29, 0.717) is 12.8 Å². The van der Waals surface area contributed by atoms with Crippen LogP contribution in [-0.2, 0) is 20.7 Å².